The van der Waals surface area contributed by atoms with E-state index in [-0.39, 0.29) is 0 Å². The van der Waals surface area contributed by atoms with E-state index >= 15 is 0 Å². The number of esters is 1. The molecule has 23 heavy (non-hydrogen) atoms. The summed E-state index contributed by atoms with van der Waals surface area (Å²) >= 11 is 13.6. The largest absolute Gasteiger partial charge is 0.465 e. The average Bonchev–Trinajstić information content (AvgIpc) is 3.10. The first-order valence-electron chi connectivity index (χ1n) is 6.73. The highest BCUT2D eigenvalue weighted by Crippen LogP contribution is 2.38. The number of rotatable bonds is 4. The molecule has 0 N–H and O–H groups in total. The molecule has 0 saturated heterocycles. The number of carbonyl (C=O) groups excluding carboxylic acids is 1. The number of ether oxygens (including phenoxy) is 1. The van der Waals surface area contributed by atoms with Gasteiger partial charge in [0, 0.05) is 17.3 Å². The van der Waals surface area contributed by atoms with Gasteiger partial charge in [-0.15, -0.1) is 11.3 Å². The van der Waals surface area contributed by atoms with Gasteiger partial charge in [-0.2, -0.15) is 5.10 Å². The summed E-state index contributed by atoms with van der Waals surface area (Å²) in [7, 11) is 1.33. The number of nitrogens with zero attached hydrogens (tertiary/aromatic N) is 2. The zero-order valence-corrected chi connectivity index (χ0v) is 14.5. The Kier molecular flexibility index (Phi) is 4.71. The van der Waals surface area contributed by atoms with Gasteiger partial charge in [0.15, 0.2) is 5.15 Å². The molecule has 3 rings (SSSR count). The van der Waals surface area contributed by atoms with Crippen molar-refractivity contribution >= 4 is 40.5 Å². The second-order valence-corrected chi connectivity index (χ2v) is 6.82. The van der Waals surface area contributed by atoms with Crippen LogP contribution in [0.5, 0.6) is 0 Å². The molecular weight excluding hydrogens is 355 g/mol. The second kappa shape index (κ2) is 6.74. The lowest BCUT2D eigenvalue weighted by atomic mass is 10.2. The molecule has 2 aromatic heterocycles. The first-order valence-corrected chi connectivity index (χ1v) is 8.30. The lowest BCUT2D eigenvalue weighted by Crippen LogP contribution is -1.99. The molecule has 0 atom stereocenters. The number of aromatic nitrogens is 2. The van der Waals surface area contributed by atoms with Gasteiger partial charge in [-0.1, -0.05) is 53.5 Å². The lowest BCUT2D eigenvalue weighted by Gasteiger charge is -2.00. The highest BCUT2D eigenvalue weighted by atomic mass is 35.5. The van der Waals surface area contributed by atoms with Crippen molar-refractivity contribution < 1.29 is 9.53 Å². The van der Waals surface area contributed by atoms with Crippen LogP contribution in [0.1, 0.15) is 15.2 Å². The summed E-state index contributed by atoms with van der Waals surface area (Å²) in [5.74, 6) is -0.420. The molecule has 0 aliphatic rings. The molecule has 4 nitrogen and oxygen atoms in total. The molecule has 0 amide bonds. The van der Waals surface area contributed by atoms with Crippen LogP contribution < -0.4 is 0 Å². The Morgan fingerprint density at radius 2 is 2.00 bits per heavy atom. The molecule has 1 aromatic carbocycles. The molecule has 0 fully saturated rings. The fourth-order valence-electron chi connectivity index (χ4n) is 2.18. The van der Waals surface area contributed by atoms with E-state index < -0.39 is 5.97 Å². The van der Waals surface area contributed by atoms with Crippen molar-refractivity contribution in [2.24, 2.45) is 0 Å². The number of benzene rings is 1. The quantitative estimate of drug-likeness (QED) is 0.625. The fourth-order valence-corrected chi connectivity index (χ4v) is 3.65. The smallest absolute Gasteiger partial charge is 0.348 e. The highest BCUT2D eigenvalue weighted by molar-refractivity contribution is 7.18. The Bertz CT molecular complexity index is 843. The van der Waals surface area contributed by atoms with E-state index in [0.29, 0.717) is 32.0 Å². The summed E-state index contributed by atoms with van der Waals surface area (Å²) in [6.07, 6.45) is 1.82. The van der Waals surface area contributed by atoms with E-state index in [1.807, 2.05) is 36.5 Å². The monoisotopic (exact) mass is 366 g/mol. The van der Waals surface area contributed by atoms with Crippen LogP contribution >= 0.6 is 34.5 Å². The molecule has 0 spiro atoms. The first kappa shape index (κ1) is 16.1. The maximum atomic E-state index is 11.6. The Hall–Kier alpha value is -1.82. The van der Waals surface area contributed by atoms with Gasteiger partial charge in [0.05, 0.1) is 13.7 Å². The van der Waals surface area contributed by atoms with Crippen molar-refractivity contribution in [1.82, 2.24) is 9.78 Å². The van der Waals surface area contributed by atoms with Crippen molar-refractivity contribution in [3.8, 4) is 11.1 Å². The van der Waals surface area contributed by atoms with Gasteiger partial charge in [-0.25, -0.2) is 4.79 Å². The number of hydrogen-bond acceptors (Lipinski definition) is 4. The van der Waals surface area contributed by atoms with Crippen molar-refractivity contribution in [2.75, 3.05) is 7.11 Å². The lowest BCUT2D eigenvalue weighted by molar-refractivity contribution is 0.0606. The van der Waals surface area contributed by atoms with Crippen LogP contribution in [-0.2, 0) is 11.3 Å². The molecule has 0 unspecified atom stereocenters. The van der Waals surface area contributed by atoms with Crippen LogP contribution in [0.2, 0.25) is 9.49 Å². The third kappa shape index (κ3) is 3.42. The van der Waals surface area contributed by atoms with Crippen molar-refractivity contribution in [2.45, 2.75) is 6.54 Å². The van der Waals surface area contributed by atoms with E-state index in [4.69, 9.17) is 27.9 Å². The van der Waals surface area contributed by atoms with Gasteiger partial charge < -0.3 is 4.74 Å². The van der Waals surface area contributed by atoms with E-state index in [1.54, 1.807) is 10.7 Å². The summed E-state index contributed by atoms with van der Waals surface area (Å²) < 4.78 is 6.94. The minimum Gasteiger partial charge on any atom is -0.465 e. The van der Waals surface area contributed by atoms with Crippen LogP contribution in [0.15, 0.2) is 42.6 Å². The molecule has 2 heterocycles. The van der Waals surface area contributed by atoms with Gasteiger partial charge >= 0.3 is 5.97 Å². The number of carbonyl (C=O) groups is 1. The average molecular weight is 367 g/mol. The van der Waals surface area contributed by atoms with E-state index in [0.717, 1.165) is 16.9 Å². The summed E-state index contributed by atoms with van der Waals surface area (Å²) in [5.41, 5.74) is 2.49. The minimum absolute atomic E-state index is 0.344. The minimum atomic E-state index is -0.420. The van der Waals surface area contributed by atoms with Gasteiger partial charge in [0.2, 0.25) is 0 Å². The van der Waals surface area contributed by atoms with Crippen molar-refractivity contribution in [1.29, 1.82) is 0 Å². The van der Waals surface area contributed by atoms with Gasteiger partial charge in [0.25, 0.3) is 0 Å². The zero-order chi connectivity index (χ0) is 16.4. The number of halogens is 2. The predicted octanol–water partition coefficient (Wildman–Crippen LogP) is 4.75. The Morgan fingerprint density at radius 3 is 2.70 bits per heavy atom. The molecule has 0 aliphatic carbocycles. The maximum Gasteiger partial charge on any atom is 0.348 e. The Morgan fingerprint density at radius 1 is 1.26 bits per heavy atom. The molecule has 0 aliphatic heterocycles. The first-order chi connectivity index (χ1) is 11.1. The molecule has 7 heteroatoms. The number of thiophene rings is 1. The second-order valence-electron chi connectivity index (χ2n) is 4.81. The molecule has 0 saturated carbocycles. The summed E-state index contributed by atoms with van der Waals surface area (Å²) in [6, 6.07) is 11.6. The summed E-state index contributed by atoms with van der Waals surface area (Å²) in [4.78, 5) is 12.0. The van der Waals surface area contributed by atoms with Gasteiger partial charge in [-0.05, 0) is 11.6 Å². The van der Waals surface area contributed by atoms with E-state index in [9.17, 15) is 4.79 Å². The summed E-state index contributed by atoms with van der Waals surface area (Å²) in [5, 5.41) is 4.65. The van der Waals surface area contributed by atoms with Crippen LogP contribution in [0, 0.1) is 0 Å². The Balaban J connectivity index is 1.92. The normalized spacial score (nSPS) is 10.7. The van der Waals surface area contributed by atoms with Crippen LogP contribution in [-0.4, -0.2) is 22.9 Å². The number of hydrogen-bond donors (Lipinski definition) is 0. The third-order valence-electron chi connectivity index (χ3n) is 3.27. The topological polar surface area (TPSA) is 44.1 Å². The van der Waals surface area contributed by atoms with Gasteiger partial charge in [0.1, 0.15) is 9.21 Å². The highest BCUT2D eigenvalue weighted by Gasteiger charge is 2.19. The SMILES string of the molecule is COC(=O)c1cc(-c2cn(Cc3ccccc3)nc2Cl)c(Cl)s1. The van der Waals surface area contributed by atoms with Crippen LogP contribution in [0.25, 0.3) is 11.1 Å². The molecule has 0 radical (unpaired) electrons. The fraction of sp³-hybridized carbons (Fsp3) is 0.125. The predicted molar refractivity (Wildman–Crippen MR) is 92.4 cm³/mol. The standard InChI is InChI=1S/C16H12Cl2N2O2S/c1-22-16(21)13-7-11(15(18)23-13)12-9-20(19-14(12)17)8-10-5-3-2-4-6-10/h2-7,9H,8H2,1H3. The molecular formula is C16H12Cl2N2O2S. The van der Waals surface area contributed by atoms with Crippen LogP contribution in [0.3, 0.4) is 0 Å². The van der Waals surface area contributed by atoms with E-state index in [2.05, 4.69) is 5.10 Å². The number of methoxy groups -OCH3 is 1. The molecule has 3 aromatic rings. The van der Waals surface area contributed by atoms with Crippen molar-refractivity contribution in [3.05, 3.63) is 62.5 Å². The maximum absolute atomic E-state index is 11.6. The zero-order valence-electron chi connectivity index (χ0n) is 12.1. The third-order valence-corrected chi connectivity index (χ3v) is 4.89. The van der Waals surface area contributed by atoms with E-state index in [1.165, 1.54) is 7.11 Å². The van der Waals surface area contributed by atoms with Crippen molar-refractivity contribution in [3.63, 3.8) is 0 Å². The van der Waals surface area contributed by atoms with Crippen LogP contribution in [0.4, 0.5) is 0 Å². The Labute approximate surface area is 147 Å². The molecule has 0 bridgehead atoms. The molecule has 118 valence electrons. The van der Waals surface area contributed by atoms with Gasteiger partial charge in [-0.3, -0.25) is 4.68 Å². The summed E-state index contributed by atoms with van der Waals surface area (Å²) in [6.45, 7) is 0.603.